The van der Waals surface area contributed by atoms with Gasteiger partial charge in [0.25, 0.3) is 0 Å². The van der Waals surface area contributed by atoms with Crippen molar-refractivity contribution in [3.8, 4) is 11.1 Å². The van der Waals surface area contributed by atoms with Crippen molar-refractivity contribution < 1.29 is 45.4 Å². The molecule has 46 heavy (non-hydrogen) atoms. The highest BCUT2D eigenvalue weighted by molar-refractivity contribution is 5.94. The van der Waals surface area contributed by atoms with Gasteiger partial charge in [-0.3, -0.25) is 9.59 Å². The molecule has 0 aliphatic carbocycles. The van der Waals surface area contributed by atoms with Crippen molar-refractivity contribution in [2.45, 2.75) is 58.3 Å². The molecule has 0 spiro atoms. The molecule has 0 saturated carbocycles. The fraction of sp³-hybridized carbons (Fsp3) is 0.424. The van der Waals surface area contributed by atoms with Crippen molar-refractivity contribution in [1.29, 1.82) is 0 Å². The van der Waals surface area contributed by atoms with Gasteiger partial charge in [0.05, 0.1) is 35.0 Å². The molecule has 1 aliphatic rings. The minimum Gasteiger partial charge on any atom is -0.481 e. The van der Waals surface area contributed by atoms with Crippen LogP contribution in [0, 0.1) is 24.6 Å². The zero-order chi connectivity index (χ0) is 34.2. The molecular formula is C33H34F7N3O3. The Hall–Kier alpha value is -4.16. The normalized spacial score (nSPS) is 17.6. The molecule has 1 aromatic heterocycles. The fourth-order valence-corrected chi connectivity index (χ4v) is 5.71. The Morgan fingerprint density at radius 1 is 0.957 bits per heavy atom. The van der Waals surface area contributed by atoms with Crippen LogP contribution in [0.1, 0.15) is 55.9 Å². The maximum absolute atomic E-state index is 14.0. The predicted octanol–water partition coefficient (Wildman–Crippen LogP) is 8.13. The van der Waals surface area contributed by atoms with Gasteiger partial charge in [0.15, 0.2) is 5.78 Å². The molecule has 2 aromatic carbocycles. The first-order chi connectivity index (χ1) is 21.3. The maximum atomic E-state index is 14.0. The van der Waals surface area contributed by atoms with E-state index in [2.05, 4.69) is 10.3 Å². The van der Waals surface area contributed by atoms with Gasteiger partial charge in [0, 0.05) is 25.1 Å². The minimum atomic E-state index is -5.06. The van der Waals surface area contributed by atoms with Gasteiger partial charge in [-0.1, -0.05) is 13.0 Å². The molecule has 0 radical (unpaired) electrons. The summed E-state index contributed by atoms with van der Waals surface area (Å²) < 4.78 is 95.0. The van der Waals surface area contributed by atoms with Crippen LogP contribution in [0.4, 0.5) is 42.2 Å². The van der Waals surface area contributed by atoms with Crippen LogP contribution in [0.3, 0.4) is 0 Å². The van der Waals surface area contributed by atoms with Crippen LogP contribution in [0.5, 0.6) is 0 Å². The average Bonchev–Trinajstić information content (AvgIpc) is 2.95. The van der Waals surface area contributed by atoms with E-state index in [-0.39, 0.29) is 24.3 Å². The molecule has 248 valence electrons. The molecule has 2 heterocycles. The molecule has 1 fully saturated rings. The number of hydrogen-bond acceptors (Lipinski definition) is 5. The number of carboxylic acids is 1. The number of rotatable bonds is 9. The van der Waals surface area contributed by atoms with E-state index in [9.17, 15) is 45.4 Å². The van der Waals surface area contributed by atoms with Gasteiger partial charge < -0.3 is 15.3 Å². The monoisotopic (exact) mass is 653 g/mol. The Kier molecular flexibility index (Phi) is 9.75. The number of aromatic nitrogens is 1. The summed E-state index contributed by atoms with van der Waals surface area (Å²) in [6.45, 7) is 6.81. The van der Waals surface area contributed by atoms with Crippen LogP contribution < -0.4 is 10.2 Å². The molecule has 0 amide bonds. The third kappa shape index (κ3) is 7.79. The van der Waals surface area contributed by atoms with Gasteiger partial charge in [-0.05, 0) is 92.1 Å². The van der Waals surface area contributed by atoms with E-state index >= 15 is 0 Å². The number of nitrogens with zero attached hydrogens (tertiary/aromatic N) is 2. The number of benzene rings is 2. The summed E-state index contributed by atoms with van der Waals surface area (Å²) in [7, 11) is 0. The van der Waals surface area contributed by atoms with Crippen LogP contribution in [-0.2, 0) is 27.4 Å². The summed E-state index contributed by atoms with van der Waals surface area (Å²) in [5.41, 5.74) is -3.13. The molecule has 6 nitrogen and oxygen atoms in total. The number of alkyl halides is 6. The van der Waals surface area contributed by atoms with Crippen molar-refractivity contribution in [3.05, 3.63) is 76.7 Å². The van der Waals surface area contributed by atoms with Crippen LogP contribution in [-0.4, -0.2) is 41.5 Å². The lowest BCUT2D eigenvalue weighted by Gasteiger charge is -2.37. The quantitative estimate of drug-likeness (QED) is 0.227. The van der Waals surface area contributed by atoms with Gasteiger partial charge in [-0.2, -0.15) is 26.3 Å². The van der Waals surface area contributed by atoms with Gasteiger partial charge in [0.1, 0.15) is 11.6 Å². The fourth-order valence-electron chi connectivity index (χ4n) is 5.71. The lowest BCUT2D eigenvalue weighted by molar-refractivity contribution is -0.143. The molecule has 3 aromatic rings. The zero-order valence-electron chi connectivity index (χ0n) is 25.6. The van der Waals surface area contributed by atoms with E-state index in [1.165, 1.54) is 32.2 Å². The Morgan fingerprint density at radius 2 is 1.57 bits per heavy atom. The standard InChI is InChI=1S/C33H34F7N3O3/c1-18-9-24(34)5-6-25(18)26-14-29(43-8-7-20(10-30(45)46)19(2)17-43)42-15-27(26)41-16-28(44)31(3,4)21-11-22(32(35,36)37)13-23(12-21)33(38,39)40/h5-6,9,11-15,19-20,41H,7-8,10,16-17H2,1-4H3,(H,45,46). The Bertz CT molecular complexity index is 1590. The summed E-state index contributed by atoms with van der Waals surface area (Å²) in [5, 5.41) is 12.2. The summed E-state index contributed by atoms with van der Waals surface area (Å²) in [4.78, 5) is 31.2. The molecule has 2 N–H and O–H groups in total. The first-order valence-electron chi connectivity index (χ1n) is 14.6. The number of halogens is 7. The number of ketones is 1. The molecule has 2 atom stereocenters. The molecule has 1 aliphatic heterocycles. The third-order valence-electron chi connectivity index (χ3n) is 8.66. The number of hydrogen-bond donors (Lipinski definition) is 2. The van der Waals surface area contributed by atoms with Crippen molar-refractivity contribution >= 4 is 23.3 Å². The van der Waals surface area contributed by atoms with E-state index in [4.69, 9.17) is 0 Å². The molecule has 13 heteroatoms. The van der Waals surface area contributed by atoms with Gasteiger partial charge in [-0.15, -0.1) is 0 Å². The number of aryl methyl sites for hydroxylation is 1. The zero-order valence-corrected chi connectivity index (χ0v) is 25.6. The highest BCUT2D eigenvalue weighted by Crippen LogP contribution is 2.40. The topological polar surface area (TPSA) is 82.5 Å². The van der Waals surface area contributed by atoms with Crippen LogP contribution in [0.15, 0.2) is 48.7 Å². The predicted molar refractivity (Wildman–Crippen MR) is 159 cm³/mol. The van der Waals surface area contributed by atoms with Crippen molar-refractivity contribution in [1.82, 2.24) is 4.98 Å². The Labute approximate surface area is 261 Å². The van der Waals surface area contributed by atoms with Crippen LogP contribution >= 0.6 is 0 Å². The number of Topliss-reactive ketones (excluding diaryl/α,β-unsaturated/α-hetero) is 1. The van der Waals surface area contributed by atoms with Gasteiger partial charge >= 0.3 is 18.3 Å². The first-order valence-corrected chi connectivity index (χ1v) is 14.6. The summed E-state index contributed by atoms with van der Waals surface area (Å²) in [6.07, 6.45) is -7.96. The highest BCUT2D eigenvalue weighted by Gasteiger charge is 2.40. The van der Waals surface area contributed by atoms with E-state index < -0.39 is 58.6 Å². The molecule has 1 saturated heterocycles. The Morgan fingerprint density at radius 3 is 2.11 bits per heavy atom. The number of aliphatic carboxylic acids is 1. The summed E-state index contributed by atoms with van der Waals surface area (Å²) >= 11 is 0. The Balaban J connectivity index is 1.65. The largest absolute Gasteiger partial charge is 0.481 e. The molecular weight excluding hydrogens is 619 g/mol. The highest BCUT2D eigenvalue weighted by atomic mass is 19.4. The van der Waals surface area contributed by atoms with Gasteiger partial charge in [0.2, 0.25) is 0 Å². The number of piperidine rings is 1. The number of pyridine rings is 1. The lowest BCUT2D eigenvalue weighted by atomic mass is 9.79. The number of anilines is 2. The van der Waals surface area contributed by atoms with Crippen LogP contribution in [0.2, 0.25) is 0 Å². The molecule has 0 bridgehead atoms. The second-order valence-corrected chi connectivity index (χ2v) is 12.3. The van der Waals surface area contributed by atoms with Crippen molar-refractivity contribution in [2.24, 2.45) is 11.8 Å². The van der Waals surface area contributed by atoms with E-state index in [1.807, 2.05) is 11.8 Å². The third-order valence-corrected chi connectivity index (χ3v) is 8.66. The smallest absolute Gasteiger partial charge is 0.416 e. The summed E-state index contributed by atoms with van der Waals surface area (Å²) in [6, 6.07) is 7.04. The number of carbonyl (C=O) groups is 2. The number of nitrogens with one attached hydrogen (secondary N) is 1. The molecule has 2 unspecified atom stereocenters. The lowest BCUT2D eigenvalue weighted by Crippen LogP contribution is -2.40. The van der Waals surface area contributed by atoms with E-state index in [0.29, 0.717) is 59.8 Å². The second-order valence-electron chi connectivity index (χ2n) is 12.3. The van der Waals surface area contributed by atoms with E-state index in [1.54, 1.807) is 19.1 Å². The maximum Gasteiger partial charge on any atom is 0.416 e. The molecule has 4 rings (SSSR count). The van der Waals surface area contributed by atoms with E-state index in [0.717, 1.165) is 0 Å². The number of carbonyl (C=O) groups excluding carboxylic acids is 1. The average molecular weight is 654 g/mol. The van der Waals surface area contributed by atoms with Crippen molar-refractivity contribution in [2.75, 3.05) is 29.9 Å². The van der Waals surface area contributed by atoms with Crippen molar-refractivity contribution in [3.63, 3.8) is 0 Å². The first kappa shape index (κ1) is 34.7. The SMILES string of the molecule is Cc1cc(F)ccc1-c1cc(N2CCC(CC(=O)O)C(C)C2)ncc1NCC(=O)C(C)(C)c1cc(C(F)(F)F)cc(C(F)(F)F)c1. The summed E-state index contributed by atoms with van der Waals surface area (Å²) in [5.74, 6) is -1.36. The second kappa shape index (κ2) is 12.9. The number of carboxylic acid groups (broad SMARTS) is 1. The minimum absolute atomic E-state index is 0.00640. The van der Waals surface area contributed by atoms with Gasteiger partial charge in [-0.25, -0.2) is 9.37 Å². The van der Waals surface area contributed by atoms with Crippen LogP contribution in [0.25, 0.3) is 11.1 Å².